The van der Waals surface area contributed by atoms with Gasteiger partial charge in [-0.25, -0.2) is 28.7 Å². The van der Waals surface area contributed by atoms with Gasteiger partial charge < -0.3 is 15.5 Å². The number of aromatic nitrogens is 5. The van der Waals surface area contributed by atoms with Crippen molar-refractivity contribution >= 4 is 23.2 Å². The van der Waals surface area contributed by atoms with E-state index in [2.05, 4.69) is 20.3 Å². The Morgan fingerprint density at radius 1 is 1.05 bits per heavy atom. The number of benzene rings is 2. The van der Waals surface area contributed by atoms with Gasteiger partial charge in [-0.3, -0.25) is 4.79 Å². The third-order valence-electron chi connectivity index (χ3n) is 6.93. The summed E-state index contributed by atoms with van der Waals surface area (Å²) in [6, 6.07) is 12.0. The molecule has 10 heteroatoms. The second-order valence-corrected chi connectivity index (χ2v) is 9.19. The van der Waals surface area contributed by atoms with Crippen LogP contribution >= 0.6 is 0 Å². The molecule has 0 fully saturated rings. The number of halogens is 2. The van der Waals surface area contributed by atoms with Crippen molar-refractivity contribution in [1.82, 2.24) is 24.3 Å². The first-order valence-corrected chi connectivity index (χ1v) is 11.6. The summed E-state index contributed by atoms with van der Waals surface area (Å²) in [5.41, 5.74) is 8.58. The number of anilines is 2. The zero-order chi connectivity index (χ0) is 25.9. The second kappa shape index (κ2) is 8.16. The van der Waals surface area contributed by atoms with Crippen molar-refractivity contribution in [2.75, 3.05) is 11.1 Å². The fraction of sp³-hybridized carbons (Fsp3) is 0.148. The summed E-state index contributed by atoms with van der Waals surface area (Å²) >= 11 is 0. The van der Waals surface area contributed by atoms with Gasteiger partial charge in [-0.1, -0.05) is 31.2 Å². The fourth-order valence-corrected chi connectivity index (χ4v) is 4.87. The molecule has 0 aliphatic carbocycles. The fourth-order valence-electron chi connectivity index (χ4n) is 4.87. The van der Waals surface area contributed by atoms with Crippen molar-refractivity contribution in [1.29, 1.82) is 0 Å². The van der Waals surface area contributed by atoms with E-state index in [1.54, 1.807) is 48.1 Å². The Hall–Kier alpha value is -4.73. The van der Waals surface area contributed by atoms with E-state index in [0.717, 1.165) is 5.56 Å². The third kappa shape index (κ3) is 3.52. The Balaban J connectivity index is 1.48. The number of amides is 1. The number of hydrogen-bond acceptors (Lipinski definition) is 6. The van der Waals surface area contributed by atoms with Crippen LogP contribution in [0.4, 0.5) is 20.4 Å². The average molecular weight is 498 g/mol. The van der Waals surface area contributed by atoms with Crippen LogP contribution in [0, 0.1) is 11.6 Å². The summed E-state index contributed by atoms with van der Waals surface area (Å²) in [6.07, 6.45) is 5.14. The lowest BCUT2D eigenvalue weighted by molar-refractivity contribution is -0.119. The lowest BCUT2D eigenvalue weighted by Crippen LogP contribution is -2.33. The Kier molecular flexibility index (Phi) is 5.01. The Morgan fingerprint density at radius 2 is 1.84 bits per heavy atom. The van der Waals surface area contributed by atoms with Crippen LogP contribution in [-0.2, 0) is 10.2 Å². The number of nitrogens with two attached hydrogens (primary N) is 1. The van der Waals surface area contributed by atoms with E-state index in [1.165, 1.54) is 24.3 Å². The van der Waals surface area contributed by atoms with Crippen LogP contribution in [0.3, 0.4) is 0 Å². The average Bonchev–Trinajstić information content (AvgIpc) is 3.46. The largest absolute Gasteiger partial charge is 0.383 e. The van der Waals surface area contributed by atoms with Gasteiger partial charge in [-0.15, -0.1) is 0 Å². The van der Waals surface area contributed by atoms with Gasteiger partial charge in [0.2, 0.25) is 5.91 Å². The SMILES string of the molecule is CC(c1cccc(F)c1)c1nc(-c2nc(N)c3c(n2)NC(=O)C3(C)c2ccc(F)cc2)cn2ccnc12. The molecule has 184 valence electrons. The van der Waals surface area contributed by atoms with Gasteiger partial charge in [0, 0.05) is 24.5 Å². The van der Waals surface area contributed by atoms with Gasteiger partial charge in [0.25, 0.3) is 0 Å². The summed E-state index contributed by atoms with van der Waals surface area (Å²) < 4.78 is 29.2. The first-order valence-electron chi connectivity index (χ1n) is 11.6. The van der Waals surface area contributed by atoms with Gasteiger partial charge >= 0.3 is 0 Å². The molecule has 1 aliphatic heterocycles. The standard InChI is InChI=1S/C27H21F2N7O/c1-14(15-4-3-5-18(29)12-15)21-25-31-10-11-36(25)13-19(32-21)23-33-22(30)20-24(34-23)35-26(37)27(20,2)16-6-8-17(28)9-7-16/h3-14H,1-2H3,(H3,30,33,34,35,37). The maximum atomic E-state index is 13.9. The number of nitrogens with zero attached hydrogens (tertiary/aromatic N) is 5. The molecule has 0 saturated carbocycles. The first-order chi connectivity index (χ1) is 17.8. The van der Waals surface area contributed by atoms with Crippen molar-refractivity contribution < 1.29 is 13.6 Å². The van der Waals surface area contributed by atoms with Crippen LogP contribution in [0.1, 0.15) is 42.1 Å². The number of carbonyl (C=O) groups excluding carboxylic acids is 1. The highest BCUT2D eigenvalue weighted by Crippen LogP contribution is 2.45. The quantitative estimate of drug-likeness (QED) is 0.379. The third-order valence-corrected chi connectivity index (χ3v) is 6.93. The molecule has 37 heavy (non-hydrogen) atoms. The molecular weight excluding hydrogens is 476 g/mol. The summed E-state index contributed by atoms with van der Waals surface area (Å²) in [5.74, 6) is -0.781. The molecule has 3 N–H and O–H groups in total. The molecular formula is C27H21F2N7O. The molecule has 4 heterocycles. The van der Waals surface area contributed by atoms with Crippen molar-refractivity contribution in [2.45, 2.75) is 25.2 Å². The van der Waals surface area contributed by atoms with E-state index in [1.807, 2.05) is 13.0 Å². The molecule has 1 amide bonds. The molecule has 0 saturated heterocycles. The van der Waals surface area contributed by atoms with Crippen LogP contribution in [0.5, 0.6) is 0 Å². The molecule has 2 aromatic carbocycles. The summed E-state index contributed by atoms with van der Waals surface area (Å²) in [6.45, 7) is 3.62. The summed E-state index contributed by atoms with van der Waals surface area (Å²) in [4.78, 5) is 31.5. The number of nitrogen functional groups attached to an aromatic ring is 1. The predicted octanol–water partition coefficient (Wildman–Crippen LogP) is 4.46. The van der Waals surface area contributed by atoms with Gasteiger partial charge in [-0.2, -0.15) is 0 Å². The first kappa shape index (κ1) is 22.7. The van der Waals surface area contributed by atoms with Crippen LogP contribution < -0.4 is 11.1 Å². The Morgan fingerprint density at radius 3 is 2.59 bits per heavy atom. The lowest BCUT2D eigenvalue weighted by Gasteiger charge is -2.23. The zero-order valence-corrected chi connectivity index (χ0v) is 19.9. The molecule has 0 radical (unpaired) electrons. The highest BCUT2D eigenvalue weighted by Gasteiger charge is 2.47. The Bertz CT molecular complexity index is 1700. The molecule has 6 rings (SSSR count). The van der Waals surface area contributed by atoms with E-state index in [0.29, 0.717) is 28.2 Å². The molecule has 2 atom stereocenters. The smallest absolute Gasteiger partial charge is 0.240 e. The molecule has 0 bridgehead atoms. The van der Waals surface area contributed by atoms with Crippen molar-refractivity contribution in [3.8, 4) is 11.5 Å². The topological polar surface area (TPSA) is 111 Å². The number of nitrogens with one attached hydrogen (secondary N) is 1. The highest BCUT2D eigenvalue weighted by molar-refractivity contribution is 6.09. The number of fused-ring (bicyclic) bond motifs is 2. The van der Waals surface area contributed by atoms with Crippen LogP contribution in [0.25, 0.3) is 17.2 Å². The molecule has 3 aromatic heterocycles. The van der Waals surface area contributed by atoms with Gasteiger partial charge in [-0.05, 0) is 42.3 Å². The van der Waals surface area contributed by atoms with Gasteiger partial charge in [0.05, 0.1) is 11.3 Å². The molecule has 8 nitrogen and oxygen atoms in total. The maximum absolute atomic E-state index is 13.9. The van der Waals surface area contributed by atoms with E-state index in [4.69, 9.17) is 10.7 Å². The van der Waals surface area contributed by atoms with Gasteiger partial charge in [0.1, 0.15) is 34.4 Å². The van der Waals surface area contributed by atoms with Gasteiger partial charge in [0.15, 0.2) is 11.5 Å². The van der Waals surface area contributed by atoms with Crippen molar-refractivity contribution in [3.05, 3.63) is 101 Å². The molecule has 1 aliphatic rings. The van der Waals surface area contributed by atoms with Crippen molar-refractivity contribution in [3.63, 3.8) is 0 Å². The zero-order valence-electron chi connectivity index (χ0n) is 19.9. The monoisotopic (exact) mass is 497 g/mol. The van der Waals surface area contributed by atoms with E-state index < -0.39 is 11.2 Å². The van der Waals surface area contributed by atoms with Crippen LogP contribution in [-0.4, -0.2) is 30.2 Å². The highest BCUT2D eigenvalue weighted by atomic mass is 19.1. The van der Waals surface area contributed by atoms with E-state index >= 15 is 0 Å². The summed E-state index contributed by atoms with van der Waals surface area (Å²) in [7, 11) is 0. The minimum absolute atomic E-state index is 0.109. The van der Waals surface area contributed by atoms with Crippen molar-refractivity contribution in [2.24, 2.45) is 0 Å². The predicted molar refractivity (Wildman–Crippen MR) is 134 cm³/mol. The maximum Gasteiger partial charge on any atom is 0.240 e. The number of imidazole rings is 1. The van der Waals surface area contributed by atoms with Crippen LogP contribution in [0.15, 0.2) is 67.1 Å². The minimum atomic E-state index is -1.19. The lowest BCUT2D eigenvalue weighted by atomic mass is 9.78. The molecule has 5 aromatic rings. The second-order valence-electron chi connectivity index (χ2n) is 9.19. The number of carbonyl (C=O) groups is 1. The molecule has 2 unspecified atom stereocenters. The van der Waals surface area contributed by atoms with E-state index in [9.17, 15) is 13.6 Å². The number of hydrogen-bond donors (Lipinski definition) is 2. The van der Waals surface area contributed by atoms with E-state index in [-0.39, 0.29) is 35.1 Å². The summed E-state index contributed by atoms with van der Waals surface area (Å²) in [5, 5.41) is 2.80. The minimum Gasteiger partial charge on any atom is -0.383 e. The van der Waals surface area contributed by atoms with Crippen LogP contribution in [0.2, 0.25) is 0 Å². The molecule has 0 spiro atoms. The Labute approximate surface area is 210 Å². The number of rotatable bonds is 4. The normalized spacial score (nSPS) is 17.6.